The topological polar surface area (TPSA) is 85.8 Å². The van der Waals surface area contributed by atoms with Crippen LogP contribution in [0.3, 0.4) is 0 Å². The van der Waals surface area contributed by atoms with Gasteiger partial charge in [0.2, 0.25) is 0 Å². The first-order valence-corrected chi connectivity index (χ1v) is 5.59. The van der Waals surface area contributed by atoms with E-state index in [0.717, 1.165) is 0 Å². The maximum absolute atomic E-state index is 12.0. The van der Waals surface area contributed by atoms with Gasteiger partial charge in [-0.15, -0.1) is 0 Å². The van der Waals surface area contributed by atoms with Crippen LogP contribution in [0.5, 0.6) is 0 Å². The van der Waals surface area contributed by atoms with Crippen molar-refractivity contribution in [2.75, 3.05) is 11.1 Å². The minimum absolute atomic E-state index is 0.309. The largest absolute Gasteiger partial charge is 0.395 e. The van der Waals surface area contributed by atoms with Crippen LogP contribution in [0.15, 0.2) is 18.3 Å². The summed E-state index contributed by atoms with van der Waals surface area (Å²) in [4.78, 5) is 16.0. The number of aromatic nitrogens is 3. The van der Waals surface area contributed by atoms with E-state index in [1.807, 2.05) is 0 Å². The molecule has 7 heteroatoms. The van der Waals surface area contributed by atoms with Crippen molar-refractivity contribution in [1.82, 2.24) is 14.8 Å². The fourth-order valence-electron chi connectivity index (χ4n) is 1.57. The van der Waals surface area contributed by atoms with Crippen LogP contribution in [0.1, 0.15) is 16.2 Å². The summed E-state index contributed by atoms with van der Waals surface area (Å²) in [6.07, 6.45) is 1.45. The number of amides is 1. The number of aryl methyl sites for hydroxylation is 2. The first-order valence-electron chi connectivity index (χ1n) is 5.21. The van der Waals surface area contributed by atoms with Crippen LogP contribution in [0.25, 0.3) is 0 Å². The fourth-order valence-corrected chi connectivity index (χ4v) is 1.68. The summed E-state index contributed by atoms with van der Waals surface area (Å²) in [5.74, 6) is 0.0491. The van der Waals surface area contributed by atoms with Crippen LogP contribution < -0.4 is 11.1 Å². The van der Waals surface area contributed by atoms with Gasteiger partial charge in [0.1, 0.15) is 11.5 Å². The summed E-state index contributed by atoms with van der Waals surface area (Å²) in [5.41, 5.74) is 7.09. The molecule has 0 bridgehead atoms. The van der Waals surface area contributed by atoms with Crippen LogP contribution in [0, 0.1) is 6.92 Å². The molecule has 2 heterocycles. The molecule has 1 amide bonds. The molecule has 6 nitrogen and oxygen atoms in total. The molecule has 2 aromatic heterocycles. The number of nitrogen functional groups attached to an aromatic ring is 1. The molecular formula is C11H12ClN5O. The summed E-state index contributed by atoms with van der Waals surface area (Å²) in [6, 6.07) is 3.25. The second-order valence-electron chi connectivity index (χ2n) is 3.79. The van der Waals surface area contributed by atoms with Crippen LogP contribution in [-0.4, -0.2) is 20.7 Å². The van der Waals surface area contributed by atoms with Gasteiger partial charge < -0.3 is 11.1 Å². The fraction of sp³-hybridized carbons (Fsp3) is 0.182. The Kier molecular flexibility index (Phi) is 3.20. The molecule has 0 fully saturated rings. The molecule has 0 aromatic carbocycles. The normalized spacial score (nSPS) is 10.4. The van der Waals surface area contributed by atoms with E-state index in [4.69, 9.17) is 17.3 Å². The zero-order valence-corrected chi connectivity index (χ0v) is 10.7. The number of pyridine rings is 1. The van der Waals surface area contributed by atoms with Crippen molar-refractivity contribution in [3.8, 4) is 0 Å². The highest BCUT2D eigenvalue weighted by Crippen LogP contribution is 2.17. The van der Waals surface area contributed by atoms with Gasteiger partial charge >= 0.3 is 0 Å². The first kappa shape index (κ1) is 12.4. The number of nitrogens with two attached hydrogens (primary N) is 1. The Morgan fingerprint density at radius 1 is 1.50 bits per heavy atom. The molecule has 18 heavy (non-hydrogen) atoms. The predicted octanol–water partition coefficient (Wildman–Crippen LogP) is 1.61. The molecule has 0 aliphatic carbocycles. The van der Waals surface area contributed by atoms with E-state index in [0.29, 0.717) is 27.9 Å². The summed E-state index contributed by atoms with van der Waals surface area (Å²) < 4.78 is 1.44. The lowest BCUT2D eigenvalue weighted by molar-refractivity contribution is 0.101. The van der Waals surface area contributed by atoms with Crippen molar-refractivity contribution >= 4 is 29.0 Å². The number of nitrogens with zero attached hydrogens (tertiary/aromatic N) is 3. The molecule has 0 aliphatic heterocycles. The SMILES string of the molecule is Cc1nn(C)c(C(=O)Nc2ccc(Cl)cn2)c1N. The second kappa shape index (κ2) is 4.66. The maximum atomic E-state index is 12.0. The van der Waals surface area contributed by atoms with Crippen LogP contribution in [0.2, 0.25) is 5.02 Å². The van der Waals surface area contributed by atoms with Crippen LogP contribution in [-0.2, 0) is 7.05 Å². The molecule has 0 aliphatic rings. The van der Waals surface area contributed by atoms with E-state index in [-0.39, 0.29) is 5.91 Å². The molecule has 94 valence electrons. The number of hydrogen-bond acceptors (Lipinski definition) is 4. The smallest absolute Gasteiger partial charge is 0.277 e. The number of nitrogens with one attached hydrogen (secondary N) is 1. The van der Waals surface area contributed by atoms with Crippen molar-refractivity contribution in [1.29, 1.82) is 0 Å². The standard InChI is InChI=1S/C11H12ClN5O/c1-6-9(13)10(17(2)16-6)11(18)15-8-4-3-7(12)5-14-8/h3-5H,13H2,1-2H3,(H,14,15,18). The molecule has 0 unspecified atom stereocenters. The third kappa shape index (κ3) is 2.28. The van der Waals surface area contributed by atoms with E-state index >= 15 is 0 Å². The molecule has 2 aromatic rings. The lowest BCUT2D eigenvalue weighted by Gasteiger charge is -2.05. The lowest BCUT2D eigenvalue weighted by Crippen LogP contribution is -2.18. The Balaban J connectivity index is 2.24. The minimum Gasteiger partial charge on any atom is -0.395 e. The van der Waals surface area contributed by atoms with Gasteiger partial charge in [-0.3, -0.25) is 9.48 Å². The summed E-state index contributed by atoms with van der Waals surface area (Å²) in [5, 5.41) is 7.21. The van der Waals surface area contributed by atoms with Gasteiger partial charge in [0.15, 0.2) is 0 Å². The highest BCUT2D eigenvalue weighted by atomic mass is 35.5. The molecular weight excluding hydrogens is 254 g/mol. The summed E-state index contributed by atoms with van der Waals surface area (Å²) in [7, 11) is 1.66. The van der Waals surface area contributed by atoms with Crippen LogP contribution >= 0.6 is 11.6 Å². The molecule has 0 radical (unpaired) electrons. The van der Waals surface area contributed by atoms with E-state index in [1.54, 1.807) is 26.1 Å². The number of carbonyl (C=O) groups excluding carboxylic acids is 1. The zero-order chi connectivity index (χ0) is 13.3. The minimum atomic E-state index is -0.356. The second-order valence-corrected chi connectivity index (χ2v) is 4.22. The zero-order valence-electron chi connectivity index (χ0n) is 9.94. The number of rotatable bonds is 2. The third-order valence-corrected chi connectivity index (χ3v) is 2.68. The molecule has 3 N–H and O–H groups in total. The lowest BCUT2D eigenvalue weighted by atomic mass is 10.3. The van der Waals surface area contributed by atoms with E-state index < -0.39 is 0 Å². The molecule has 0 saturated carbocycles. The van der Waals surface area contributed by atoms with Crippen molar-refractivity contribution < 1.29 is 4.79 Å². The molecule has 0 atom stereocenters. The maximum Gasteiger partial charge on any atom is 0.277 e. The Morgan fingerprint density at radius 3 is 2.72 bits per heavy atom. The van der Waals surface area contributed by atoms with Gasteiger partial charge in [0.25, 0.3) is 5.91 Å². The third-order valence-electron chi connectivity index (χ3n) is 2.45. The molecule has 0 saturated heterocycles. The van der Waals surface area contributed by atoms with E-state index in [2.05, 4.69) is 15.4 Å². The Hall–Kier alpha value is -2.08. The first-order chi connectivity index (χ1) is 8.49. The monoisotopic (exact) mass is 265 g/mol. The highest BCUT2D eigenvalue weighted by molar-refractivity contribution is 6.30. The Bertz CT molecular complexity index is 590. The number of halogens is 1. The Labute approximate surface area is 109 Å². The van der Waals surface area contributed by atoms with Crippen molar-refractivity contribution in [3.05, 3.63) is 34.7 Å². The van der Waals surface area contributed by atoms with E-state index in [1.165, 1.54) is 10.9 Å². The number of anilines is 2. The van der Waals surface area contributed by atoms with Crippen molar-refractivity contribution in [2.24, 2.45) is 7.05 Å². The number of hydrogen-bond donors (Lipinski definition) is 2. The quantitative estimate of drug-likeness (QED) is 0.864. The molecule has 0 spiro atoms. The highest BCUT2D eigenvalue weighted by Gasteiger charge is 2.18. The van der Waals surface area contributed by atoms with Gasteiger partial charge in [-0.2, -0.15) is 5.10 Å². The summed E-state index contributed by atoms with van der Waals surface area (Å²) in [6.45, 7) is 1.74. The van der Waals surface area contributed by atoms with Crippen molar-refractivity contribution in [2.45, 2.75) is 6.92 Å². The Morgan fingerprint density at radius 2 is 2.22 bits per heavy atom. The van der Waals surface area contributed by atoms with Gasteiger partial charge in [0, 0.05) is 13.2 Å². The number of carbonyl (C=O) groups is 1. The van der Waals surface area contributed by atoms with E-state index in [9.17, 15) is 4.79 Å². The molecule has 2 rings (SSSR count). The summed E-state index contributed by atoms with van der Waals surface area (Å²) >= 11 is 5.71. The average Bonchev–Trinajstić information content (AvgIpc) is 2.56. The predicted molar refractivity (Wildman–Crippen MR) is 69.6 cm³/mol. The van der Waals surface area contributed by atoms with Gasteiger partial charge in [-0.05, 0) is 19.1 Å². The van der Waals surface area contributed by atoms with Gasteiger partial charge in [0.05, 0.1) is 16.4 Å². The van der Waals surface area contributed by atoms with Gasteiger partial charge in [-0.1, -0.05) is 11.6 Å². The van der Waals surface area contributed by atoms with Crippen molar-refractivity contribution in [3.63, 3.8) is 0 Å². The average molecular weight is 266 g/mol. The van der Waals surface area contributed by atoms with Gasteiger partial charge in [-0.25, -0.2) is 4.98 Å². The van der Waals surface area contributed by atoms with Crippen LogP contribution in [0.4, 0.5) is 11.5 Å².